The molecule has 1 aromatic carbocycles. The molecule has 1 saturated heterocycles. The van der Waals surface area contributed by atoms with Crippen molar-refractivity contribution in [1.29, 1.82) is 0 Å². The number of benzene rings is 1. The lowest BCUT2D eigenvalue weighted by molar-refractivity contribution is -0.149. The van der Waals surface area contributed by atoms with Crippen LogP contribution < -0.4 is 10.4 Å². The molecule has 1 aliphatic heterocycles. The average molecular weight is 442 g/mol. The minimum atomic E-state index is -0.657. The summed E-state index contributed by atoms with van der Waals surface area (Å²) in [6.45, 7) is 6.91. The van der Waals surface area contributed by atoms with E-state index in [1.165, 1.54) is 0 Å². The molecule has 0 bridgehead atoms. The molecule has 2 aromatic rings. The number of aryl methyl sites for hydroxylation is 2. The monoisotopic (exact) mass is 441 g/mol. The summed E-state index contributed by atoms with van der Waals surface area (Å²) in [5.41, 5.74) is 1.29. The fourth-order valence-electron chi connectivity index (χ4n) is 5.38. The van der Waals surface area contributed by atoms with Crippen molar-refractivity contribution in [3.8, 4) is 5.75 Å². The second-order valence-electron chi connectivity index (χ2n) is 9.60. The van der Waals surface area contributed by atoms with E-state index in [9.17, 15) is 14.7 Å². The summed E-state index contributed by atoms with van der Waals surface area (Å²) in [5.74, 6) is 0.648. The third kappa shape index (κ3) is 4.42. The van der Waals surface area contributed by atoms with Crippen molar-refractivity contribution in [3.63, 3.8) is 0 Å². The molecule has 1 saturated carbocycles. The van der Waals surface area contributed by atoms with Gasteiger partial charge in [0.05, 0.1) is 5.60 Å². The van der Waals surface area contributed by atoms with E-state index in [1.54, 1.807) is 13.0 Å². The van der Waals surface area contributed by atoms with Crippen molar-refractivity contribution >= 4 is 16.9 Å². The molecule has 3 atom stereocenters. The van der Waals surface area contributed by atoms with Gasteiger partial charge in [0.1, 0.15) is 11.3 Å². The zero-order chi connectivity index (χ0) is 22.9. The molecule has 1 aliphatic carbocycles. The molecule has 6 heteroatoms. The van der Waals surface area contributed by atoms with Gasteiger partial charge in [0.25, 0.3) is 5.91 Å². The number of fused-ring (bicyclic) bond motifs is 2. The van der Waals surface area contributed by atoms with Gasteiger partial charge in [-0.2, -0.15) is 0 Å². The zero-order valence-electron chi connectivity index (χ0n) is 19.5. The molecule has 0 radical (unpaired) electrons. The molecule has 2 fully saturated rings. The van der Waals surface area contributed by atoms with Gasteiger partial charge >= 0.3 is 5.63 Å². The molecule has 2 heterocycles. The predicted molar refractivity (Wildman–Crippen MR) is 124 cm³/mol. The van der Waals surface area contributed by atoms with E-state index in [-0.39, 0.29) is 17.5 Å². The topological polar surface area (TPSA) is 80.0 Å². The summed E-state index contributed by atoms with van der Waals surface area (Å²) in [7, 11) is 0. The minimum Gasteiger partial charge on any atom is -0.480 e. The lowest BCUT2D eigenvalue weighted by Gasteiger charge is -2.47. The summed E-state index contributed by atoms with van der Waals surface area (Å²) in [4.78, 5) is 27.1. The molecule has 1 N–H and O–H groups in total. The van der Waals surface area contributed by atoms with E-state index >= 15 is 0 Å². The van der Waals surface area contributed by atoms with Crippen LogP contribution in [0.25, 0.3) is 11.0 Å². The Morgan fingerprint density at radius 1 is 1.34 bits per heavy atom. The molecule has 2 aliphatic rings. The van der Waals surface area contributed by atoms with E-state index in [4.69, 9.17) is 9.15 Å². The number of nitrogens with zero attached hydrogens (tertiary/aromatic N) is 1. The lowest BCUT2D eigenvalue weighted by atomic mass is 9.71. The number of piperidine rings is 1. The first-order valence-corrected chi connectivity index (χ1v) is 12.1. The van der Waals surface area contributed by atoms with Gasteiger partial charge in [0.2, 0.25) is 0 Å². The Kier molecular flexibility index (Phi) is 6.61. The number of carbonyl (C=O) groups excluding carboxylic acids is 1. The maximum Gasteiger partial charge on any atom is 0.336 e. The Labute approximate surface area is 189 Å². The first-order chi connectivity index (χ1) is 15.3. The smallest absolute Gasteiger partial charge is 0.336 e. The summed E-state index contributed by atoms with van der Waals surface area (Å²) in [5, 5.41) is 11.8. The van der Waals surface area contributed by atoms with Crippen LogP contribution in [0.4, 0.5) is 0 Å². The Morgan fingerprint density at radius 3 is 2.94 bits per heavy atom. The Balaban J connectivity index is 1.51. The maximum atomic E-state index is 13.1. The summed E-state index contributed by atoms with van der Waals surface area (Å²) < 4.78 is 11.6. The second-order valence-corrected chi connectivity index (χ2v) is 9.60. The highest BCUT2D eigenvalue weighted by molar-refractivity contribution is 5.85. The number of likely N-dealkylation sites (tertiary alicyclic amines) is 1. The van der Waals surface area contributed by atoms with Gasteiger partial charge in [-0.05, 0) is 63.6 Å². The SMILES string of the molecule is CCCCc1cc(=O)oc2c(C)c(O[C@H](C)C(=O)N3CC[C@@]4(O)CCCC[C@@H]4C3)ccc12. The molecular formula is C26H35NO5. The molecule has 1 aromatic heterocycles. The molecule has 0 spiro atoms. The first-order valence-electron chi connectivity index (χ1n) is 12.1. The van der Waals surface area contributed by atoms with Crippen molar-refractivity contribution in [3.05, 3.63) is 39.7 Å². The lowest BCUT2D eigenvalue weighted by Crippen LogP contribution is -2.56. The Morgan fingerprint density at radius 2 is 2.16 bits per heavy atom. The average Bonchev–Trinajstić information content (AvgIpc) is 2.78. The van der Waals surface area contributed by atoms with Gasteiger partial charge in [-0.25, -0.2) is 4.79 Å². The van der Waals surface area contributed by atoms with Crippen molar-refractivity contribution < 1.29 is 19.1 Å². The second kappa shape index (κ2) is 9.26. The Hall–Kier alpha value is -2.34. The third-order valence-electron chi connectivity index (χ3n) is 7.39. The van der Waals surface area contributed by atoms with Gasteiger partial charge in [-0.15, -0.1) is 0 Å². The summed E-state index contributed by atoms with van der Waals surface area (Å²) in [6, 6.07) is 5.37. The normalized spacial score (nSPS) is 24.2. The van der Waals surface area contributed by atoms with Crippen molar-refractivity contribution in [2.75, 3.05) is 13.1 Å². The number of aliphatic hydroxyl groups is 1. The van der Waals surface area contributed by atoms with Crippen LogP contribution in [0, 0.1) is 12.8 Å². The van der Waals surface area contributed by atoms with Crippen LogP contribution in [0.15, 0.2) is 27.4 Å². The summed E-state index contributed by atoms with van der Waals surface area (Å²) >= 11 is 0. The highest BCUT2D eigenvalue weighted by atomic mass is 16.5. The van der Waals surface area contributed by atoms with Crippen LogP contribution >= 0.6 is 0 Å². The van der Waals surface area contributed by atoms with Gasteiger partial charge < -0.3 is 19.2 Å². The summed E-state index contributed by atoms with van der Waals surface area (Å²) in [6.07, 6.45) is 6.86. The molecule has 6 nitrogen and oxygen atoms in total. The number of carbonyl (C=O) groups is 1. The first kappa shape index (κ1) is 22.8. The van der Waals surface area contributed by atoms with E-state index in [2.05, 4.69) is 6.92 Å². The molecule has 32 heavy (non-hydrogen) atoms. The van der Waals surface area contributed by atoms with Crippen LogP contribution in [0.3, 0.4) is 0 Å². The van der Waals surface area contributed by atoms with Crippen molar-refractivity contribution in [1.82, 2.24) is 4.90 Å². The standard InChI is InChI=1S/C26H35NO5/c1-4-5-8-19-15-23(28)32-24-17(2)22(11-10-21(19)24)31-18(3)25(29)27-14-13-26(30)12-7-6-9-20(26)16-27/h10-11,15,18,20,30H,4-9,12-14,16H2,1-3H3/t18-,20-,26+/m1/s1. The number of hydrogen-bond acceptors (Lipinski definition) is 5. The van der Waals surface area contributed by atoms with Crippen LogP contribution in [-0.2, 0) is 11.2 Å². The number of hydrogen-bond donors (Lipinski definition) is 1. The van der Waals surface area contributed by atoms with Crippen LogP contribution in [0.2, 0.25) is 0 Å². The minimum absolute atomic E-state index is 0.0599. The van der Waals surface area contributed by atoms with Crippen LogP contribution in [-0.4, -0.2) is 40.7 Å². The van der Waals surface area contributed by atoms with E-state index < -0.39 is 11.7 Å². The quantitative estimate of drug-likeness (QED) is 0.674. The van der Waals surface area contributed by atoms with Gasteiger partial charge in [-0.1, -0.05) is 26.2 Å². The van der Waals surface area contributed by atoms with Crippen molar-refractivity contribution in [2.45, 2.75) is 83.8 Å². The van der Waals surface area contributed by atoms with E-state index in [0.29, 0.717) is 30.8 Å². The fourth-order valence-corrected chi connectivity index (χ4v) is 5.38. The fraction of sp³-hybridized carbons (Fsp3) is 0.615. The van der Waals surface area contributed by atoms with E-state index in [0.717, 1.165) is 61.5 Å². The largest absolute Gasteiger partial charge is 0.480 e. The highest BCUT2D eigenvalue weighted by Crippen LogP contribution is 2.40. The molecular weight excluding hydrogens is 406 g/mol. The molecule has 1 amide bonds. The molecule has 174 valence electrons. The van der Waals surface area contributed by atoms with Gasteiger partial charge in [0, 0.05) is 36.0 Å². The highest BCUT2D eigenvalue weighted by Gasteiger charge is 2.44. The van der Waals surface area contributed by atoms with Crippen LogP contribution in [0.5, 0.6) is 5.75 Å². The third-order valence-corrected chi connectivity index (χ3v) is 7.39. The predicted octanol–water partition coefficient (Wildman–Crippen LogP) is 4.36. The number of unbranched alkanes of at least 4 members (excludes halogenated alkanes) is 1. The number of amides is 1. The van der Waals surface area contributed by atoms with Gasteiger partial charge in [-0.3, -0.25) is 4.79 Å². The van der Waals surface area contributed by atoms with E-state index in [1.807, 2.05) is 24.0 Å². The molecule has 0 unspecified atom stereocenters. The van der Waals surface area contributed by atoms with Crippen LogP contribution in [0.1, 0.15) is 69.9 Å². The van der Waals surface area contributed by atoms with Crippen molar-refractivity contribution in [2.24, 2.45) is 5.92 Å². The zero-order valence-corrected chi connectivity index (χ0v) is 19.5. The Bertz CT molecular complexity index is 1040. The van der Waals surface area contributed by atoms with Gasteiger partial charge in [0.15, 0.2) is 6.10 Å². The maximum absolute atomic E-state index is 13.1. The molecule has 4 rings (SSSR count). The number of ether oxygens (including phenoxy) is 1. The number of rotatable bonds is 6.